The largest absolute Gasteiger partial charge is 0.472 e. The Kier molecular flexibility index (Phi) is 4.75. The third-order valence-electron chi connectivity index (χ3n) is 4.61. The fraction of sp³-hybridized carbons (Fsp3) is 0.316. The lowest BCUT2D eigenvalue weighted by Crippen LogP contribution is -2.44. The molecule has 1 fully saturated rings. The van der Waals surface area contributed by atoms with E-state index in [2.05, 4.69) is 15.0 Å². The smallest absolute Gasteiger partial charge is 0.245 e. The molecule has 1 atom stereocenters. The number of aromatic nitrogens is 3. The van der Waals surface area contributed by atoms with Crippen molar-refractivity contribution in [3.8, 4) is 5.88 Å². The Hall–Kier alpha value is -2.58. The maximum absolute atomic E-state index is 13.3. The normalized spacial score (nSPS) is 18.5. The zero-order valence-electron chi connectivity index (χ0n) is 14.9. The van der Waals surface area contributed by atoms with E-state index in [0.29, 0.717) is 17.9 Å². The summed E-state index contributed by atoms with van der Waals surface area (Å²) in [6.07, 6.45) is 5.90. The number of sulfonamides is 1. The minimum Gasteiger partial charge on any atom is -0.472 e. The number of benzene rings is 1. The van der Waals surface area contributed by atoms with Gasteiger partial charge in [0.2, 0.25) is 15.9 Å². The van der Waals surface area contributed by atoms with E-state index in [9.17, 15) is 8.42 Å². The van der Waals surface area contributed by atoms with Gasteiger partial charge in [0.15, 0.2) is 0 Å². The van der Waals surface area contributed by atoms with Crippen LogP contribution >= 0.6 is 0 Å². The van der Waals surface area contributed by atoms with E-state index in [0.717, 1.165) is 23.9 Å². The Morgan fingerprint density at radius 2 is 2.07 bits per heavy atom. The van der Waals surface area contributed by atoms with Crippen molar-refractivity contribution < 1.29 is 13.2 Å². The van der Waals surface area contributed by atoms with Crippen LogP contribution in [0.1, 0.15) is 18.5 Å². The van der Waals surface area contributed by atoms with Gasteiger partial charge in [0, 0.05) is 30.0 Å². The molecule has 27 heavy (non-hydrogen) atoms. The standard InChI is InChI=1S/C19H20N4O3S/c1-14-7-8-15-4-2-6-17(19(15)22-14)27(24,25)23-11-3-5-16(13-23)26-18-12-20-9-10-21-18/h2,4,6-10,12,16H,3,5,11,13H2,1H3. The highest BCUT2D eigenvalue weighted by molar-refractivity contribution is 7.89. The predicted molar refractivity (Wildman–Crippen MR) is 101 cm³/mol. The molecule has 1 aliphatic heterocycles. The van der Waals surface area contributed by atoms with Crippen LogP contribution in [0, 0.1) is 6.92 Å². The monoisotopic (exact) mass is 384 g/mol. The van der Waals surface area contributed by atoms with Gasteiger partial charge in [0.05, 0.1) is 18.3 Å². The lowest BCUT2D eigenvalue weighted by molar-refractivity contribution is 0.124. The summed E-state index contributed by atoms with van der Waals surface area (Å²) >= 11 is 0. The number of piperidine rings is 1. The maximum Gasteiger partial charge on any atom is 0.245 e. The molecular formula is C19H20N4O3S. The first-order chi connectivity index (χ1) is 13.0. The van der Waals surface area contributed by atoms with Crippen molar-refractivity contribution in [2.24, 2.45) is 0 Å². The van der Waals surface area contributed by atoms with E-state index in [4.69, 9.17) is 4.74 Å². The van der Waals surface area contributed by atoms with Crippen molar-refractivity contribution in [1.82, 2.24) is 19.3 Å². The molecule has 3 aromatic rings. The Morgan fingerprint density at radius 1 is 1.19 bits per heavy atom. The van der Waals surface area contributed by atoms with Gasteiger partial charge in [-0.15, -0.1) is 0 Å². The Bertz CT molecular complexity index is 1060. The van der Waals surface area contributed by atoms with Gasteiger partial charge < -0.3 is 4.74 Å². The van der Waals surface area contributed by atoms with Crippen LogP contribution in [0.25, 0.3) is 10.9 Å². The molecule has 1 aromatic carbocycles. The Morgan fingerprint density at radius 3 is 2.89 bits per heavy atom. The van der Waals surface area contributed by atoms with Crippen molar-refractivity contribution in [3.05, 3.63) is 54.6 Å². The first-order valence-electron chi connectivity index (χ1n) is 8.83. The molecular weight excluding hydrogens is 364 g/mol. The molecule has 0 aliphatic carbocycles. The Labute approximate surface area is 158 Å². The van der Waals surface area contributed by atoms with Crippen molar-refractivity contribution >= 4 is 20.9 Å². The molecule has 0 spiro atoms. The molecule has 1 aliphatic rings. The van der Waals surface area contributed by atoms with Gasteiger partial charge in [-0.1, -0.05) is 18.2 Å². The first kappa shape index (κ1) is 17.8. The number of hydrogen-bond acceptors (Lipinski definition) is 6. The zero-order chi connectivity index (χ0) is 18.9. The number of rotatable bonds is 4. The SMILES string of the molecule is Cc1ccc2cccc(S(=O)(=O)N3CCCC(Oc4cnccn4)C3)c2n1. The van der Waals surface area contributed by atoms with E-state index in [-0.39, 0.29) is 17.5 Å². The number of aryl methyl sites for hydroxylation is 1. The van der Waals surface area contributed by atoms with Crippen LogP contribution in [0.3, 0.4) is 0 Å². The lowest BCUT2D eigenvalue weighted by Gasteiger charge is -2.31. The van der Waals surface area contributed by atoms with Crippen LogP contribution in [0.5, 0.6) is 5.88 Å². The number of para-hydroxylation sites is 1. The van der Waals surface area contributed by atoms with Gasteiger partial charge >= 0.3 is 0 Å². The third kappa shape index (κ3) is 3.63. The summed E-state index contributed by atoms with van der Waals surface area (Å²) in [5.74, 6) is 0.407. The van der Waals surface area contributed by atoms with Crippen LogP contribution < -0.4 is 4.74 Å². The van der Waals surface area contributed by atoms with Gasteiger partial charge in [-0.3, -0.25) is 9.97 Å². The molecule has 4 rings (SSSR count). The highest BCUT2D eigenvalue weighted by Crippen LogP contribution is 2.27. The number of ether oxygens (including phenoxy) is 1. The fourth-order valence-corrected chi connectivity index (χ4v) is 4.97. The van der Waals surface area contributed by atoms with Crippen LogP contribution in [-0.4, -0.2) is 46.9 Å². The minimum absolute atomic E-state index is 0.240. The fourth-order valence-electron chi connectivity index (χ4n) is 3.30. The van der Waals surface area contributed by atoms with Crippen LogP contribution in [0.2, 0.25) is 0 Å². The molecule has 2 aromatic heterocycles. The summed E-state index contributed by atoms with van der Waals surface area (Å²) in [7, 11) is -3.68. The minimum atomic E-state index is -3.68. The summed E-state index contributed by atoms with van der Waals surface area (Å²) in [6, 6.07) is 9.02. The summed E-state index contributed by atoms with van der Waals surface area (Å²) in [6.45, 7) is 2.60. The molecule has 0 amide bonds. The van der Waals surface area contributed by atoms with Gasteiger partial charge in [-0.2, -0.15) is 4.31 Å². The third-order valence-corrected chi connectivity index (χ3v) is 6.50. The van der Waals surface area contributed by atoms with Gasteiger partial charge in [-0.25, -0.2) is 13.4 Å². The molecule has 0 bridgehead atoms. The molecule has 1 saturated heterocycles. The number of pyridine rings is 1. The van der Waals surface area contributed by atoms with Crippen molar-refractivity contribution in [3.63, 3.8) is 0 Å². The number of fused-ring (bicyclic) bond motifs is 1. The van der Waals surface area contributed by atoms with Crippen molar-refractivity contribution in [2.75, 3.05) is 13.1 Å². The molecule has 140 valence electrons. The molecule has 7 nitrogen and oxygen atoms in total. The average molecular weight is 384 g/mol. The van der Waals surface area contributed by atoms with E-state index in [1.807, 2.05) is 25.1 Å². The number of hydrogen-bond donors (Lipinski definition) is 0. The topological polar surface area (TPSA) is 85.3 Å². The molecule has 8 heteroatoms. The first-order valence-corrected chi connectivity index (χ1v) is 10.3. The molecule has 0 N–H and O–H groups in total. The summed E-state index contributed by atoms with van der Waals surface area (Å²) in [5.41, 5.74) is 1.29. The van der Waals surface area contributed by atoms with Crippen LogP contribution in [-0.2, 0) is 10.0 Å². The zero-order valence-corrected chi connectivity index (χ0v) is 15.8. The Balaban J connectivity index is 1.63. The van der Waals surface area contributed by atoms with Crippen molar-refractivity contribution in [2.45, 2.75) is 30.8 Å². The second kappa shape index (κ2) is 7.21. The van der Waals surface area contributed by atoms with E-state index < -0.39 is 10.0 Å². The quantitative estimate of drug-likeness (QED) is 0.687. The second-order valence-corrected chi connectivity index (χ2v) is 8.48. The van der Waals surface area contributed by atoms with Crippen LogP contribution in [0.15, 0.2) is 53.8 Å². The maximum atomic E-state index is 13.3. The highest BCUT2D eigenvalue weighted by atomic mass is 32.2. The summed E-state index contributed by atoms with van der Waals surface area (Å²) in [4.78, 5) is 12.8. The van der Waals surface area contributed by atoms with Crippen molar-refractivity contribution in [1.29, 1.82) is 0 Å². The van der Waals surface area contributed by atoms with Crippen LogP contribution in [0.4, 0.5) is 0 Å². The summed E-state index contributed by atoms with van der Waals surface area (Å²) < 4.78 is 33.9. The predicted octanol–water partition coefficient (Wildman–Crippen LogP) is 2.57. The molecule has 1 unspecified atom stereocenters. The average Bonchev–Trinajstić information content (AvgIpc) is 2.68. The lowest BCUT2D eigenvalue weighted by atomic mass is 10.1. The van der Waals surface area contributed by atoms with E-state index in [1.54, 1.807) is 24.5 Å². The van der Waals surface area contributed by atoms with E-state index >= 15 is 0 Å². The van der Waals surface area contributed by atoms with E-state index in [1.165, 1.54) is 10.5 Å². The number of nitrogens with zero attached hydrogens (tertiary/aromatic N) is 4. The van der Waals surface area contributed by atoms with Gasteiger partial charge in [0.1, 0.15) is 11.0 Å². The molecule has 0 saturated carbocycles. The molecule has 0 radical (unpaired) electrons. The molecule has 3 heterocycles. The summed E-state index contributed by atoms with van der Waals surface area (Å²) in [5, 5.41) is 0.811. The highest BCUT2D eigenvalue weighted by Gasteiger charge is 2.32. The second-order valence-electron chi connectivity index (χ2n) is 6.57. The van der Waals surface area contributed by atoms with Gasteiger partial charge in [0.25, 0.3) is 0 Å². The van der Waals surface area contributed by atoms with Gasteiger partial charge in [-0.05, 0) is 31.9 Å².